The summed E-state index contributed by atoms with van der Waals surface area (Å²) in [5.74, 6) is -1.24. The van der Waals surface area contributed by atoms with Crippen molar-refractivity contribution in [2.24, 2.45) is 0 Å². The smallest absolute Gasteiger partial charge is 0.407 e. The van der Waals surface area contributed by atoms with Gasteiger partial charge in [-0.3, -0.25) is 4.79 Å². The predicted molar refractivity (Wildman–Crippen MR) is 124 cm³/mol. The van der Waals surface area contributed by atoms with Crippen LogP contribution in [0.1, 0.15) is 36.2 Å². The van der Waals surface area contributed by atoms with E-state index in [0.29, 0.717) is 5.82 Å². The van der Waals surface area contributed by atoms with Gasteiger partial charge in [0, 0.05) is 5.92 Å². The van der Waals surface area contributed by atoms with Crippen molar-refractivity contribution in [3.05, 3.63) is 71.8 Å². The number of nitrogens with zero attached hydrogens (tertiary/aromatic N) is 4. The second-order valence-electron chi connectivity index (χ2n) is 8.65. The van der Waals surface area contributed by atoms with E-state index in [0.717, 1.165) is 22.3 Å². The molecule has 1 aliphatic carbocycles. The lowest BCUT2D eigenvalue weighted by molar-refractivity contribution is -0.153. The van der Waals surface area contributed by atoms with Crippen LogP contribution >= 0.6 is 0 Å². The predicted octanol–water partition coefficient (Wildman–Crippen LogP) is 2.39. The Hall–Kier alpha value is -4.21. The van der Waals surface area contributed by atoms with Gasteiger partial charge < -0.3 is 24.6 Å². The SMILES string of the molecule is CCC(NC(=O)OCC1c2ccccc2-c2ccccc21)C(=O)N1Cc2nncn2CC1C(=O)O. The van der Waals surface area contributed by atoms with Gasteiger partial charge in [0.25, 0.3) is 0 Å². The summed E-state index contributed by atoms with van der Waals surface area (Å²) in [7, 11) is 0. The lowest BCUT2D eigenvalue weighted by Gasteiger charge is -2.35. The second-order valence-corrected chi connectivity index (χ2v) is 8.65. The summed E-state index contributed by atoms with van der Waals surface area (Å²) >= 11 is 0. The Morgan fingerprint density at radius 3 is 2.40 bits per heavy atom. The Morgan fingerprint density at radius 1 is 1.11 bits per heavy atom. The Morgan fingerprint density at radius 2 is 1.77 bits per heavy atom. The fourth-order valence-electron chi connectivity index (χ4n) is 4.87. The Labute approximate surface area is 201 Å². The molecule has 2 heterocycles. The van der Waals surface area contributed by atoms with E-state index in [-0.39, 0.29) is 32.0 Å². The van der Waals surface area contributed by atoms with Crippen LogP contribution in [0.3, 0.4) is 0 Å². The van der Waals surface area contributed by atoms with E-state index in [1.54, 1.807) is 11.5 Å². The highest BCUT2D eigenvalue weighted by Crippen LogP contribution is 2.44. The monoisotopic (exact) mass is 475 g/mol. The number of carbonyl (C=O) groups excluding carboxylic acids is 2. The highest BCUT2D eigenvalue weighted by Gasteiger charge is 2.38. The maximum absolute atomic E-state index is 13.2. The molecule has 2 atom stereocenters. The molecular weight excluding hydrogens is 450 g/mol. The Kier molecular flexibility index (Phi) is 5.94. The number of amides is 2. The largest absolute Gasteiger partial charge is 0.480 e. The first-order chi connectivity index (χ1) is 17.0. The number of ether oxygens (including phenoxy) is 1. The van der Waals surface area contributed by atoms with Crippen LogP contribution in [0.4, 0.5) is 4.79 Å². The molecular formula is C25H25N5O5. The molecule has 1 aliphatic heterocycles. The number of alkyl carbamates (subject to hydrolysis) is 1. The number of benzene rings is 2. The zero-order valence-corrected chi connectivity index (χ0v) is 19.1. The van der Waals surface area contributed by atoms with Gasteiger partial charge in [0.05, 0.1) is 13.1 Å². The minimum absolute atomic E-state index is 0.00132. The minimum Gasteiger partial charge on any atom is -0.480 e. The summed E-state index contributed by atoms with van der Waals surface area (Å²) in [6.07, 6.45) is 0.997. The van der Waals surface area contributed by atoms with E-state index in [9.17, 15) is 19.5 Å². The third-order valence-electron chi connectivity index (χ3n) is 6.66. The quantitative estimate of drug-likeness (QED) is 0.560. The van der Waals surface area contributed by atoms with Crippen LogP contribution in [0.25, 0.3) is 11.1 Å². The number of hydrogen-bond acceptors (Lipinski definition) is 6. The van der Waals surface area contributed by atoms with Crippen LogP contribution in [-0.4, -0.2) is 61.4 Å². The number of aromatic nitrogens is 3. The van der Waals surface area contributed by atoms with Gasteiger partial charge in [-0.05, 0) is 28.7 Å². The van der Waals surface area contributed by atoms with Gasteiger partial charge in [0.2, 0.25) is 5.91 Å². The van der Waals surface area contributed by atoms with Crippen LogP contribution in [-0.2, 0) is 27.4 Å². The molecule has 2 aromatic carbocycles. The van der Waals surface area contributed by atoms with Gasteiger partial charge in [-0.2, -0.15) is 0 Å². The maximum Gasteiger partial charge on any atom is 0.407 e. The summed E-state index contributed by atoms with van der Waals surface area (Å²) in [5, 5.41) is 20.0. The van der Waals surface area contributed by atoms with Gasteiger partial charge in [0.1, 0.15) is 25.0 Å². The summed E-state index contributed by atoms with van der Waals surface area (Å²) in [6, 6.07) is 14.0. The highest BCUT2D eigenvalue weighted by atomic mass is 16.5. The van der Waals surface area contributed by atoms with Crippen molar-refractivity contribution in [1.82, 2.24) is 25.0 Å². The number of nitrogens with one attached hydrogen (secondary N) is 1. The first-order valence-corrected chi connectivity index (χ1v) is 11.5. The van der Waals surface area contributed by atoms with Crippen LogP contribution in [0.15, 0.2) is 54.9 Å². The summed E-state index contributed by atoms with van der Waals surface area (Å²) in [6.45, 7) is 1.91. The topological polar surface area (TPSA) is 127 Å². The molecule has 35 heavy (non-hydrogen) atoms. The van der Waals surface area contributed by atoms with Gasteiger partial charge in [0.15, 0.2) is 5.82 Å². The normalized spacial score (nSPS) is 17.2. The molecule has 0 radical (unpaired) electrons. The number of carbonyl (C=O) groups is 3. The number of carboxylic acid groups (broad SMARTS) is 1. The zero-order chi connectivity index (χ0) is 24.5. The van der Waals surface area contributed by atoms with Gasteiger partial charge in [-0.25, -0.2) is 9.59 Å². The molecule has 10 nitrogen and oxygen atoms in total. The average Bonchev–Trinajstić information content (AvgIpc) is 3.46. The van der Waals surface area contributed by atoms with Crippen molar-refractivity contribution in [1.29, 1.82) is 0 Å². The van der Waals surface area contributed by atoms with E-state index in [1.807, 2.05) is 36.4 Å². The van der Waals surface area contributed by atoms with Crippen molar-refractivity contribution in [3.63, 3.8) is 0 Å². The first kappa shape index (κ1) is 22.6. The number of fused-ring (bicyclic) bond motifs is 4. The van der Waals surface area contributed by atoms with Gasteiger partial charge >= 0.3 is 12.1 Å². The minimum atomic E-state index is -1.13. The lowest BCUT2D eigenvalue weighted by Crippen LogP contribution is -2.56. The highest BCUT2D eigenvalue weighted by molar-refractivity contribution is 5.89. The van der Waals surface area contributed by atoms with Crippen LogP contribution < -0.4 is 5.32 Å². The van der Waals surface area contributed by atoms with Crippen LogP contribution in [0.2, 0.25) is 0 Å². The molecule has 0 fully saturated rings. The molecule has 2 N–H and O–H groups in total. The molecule has 0 saturated heterocycles. The van der Waals surface area contributed by atoms with Crippen LogP contribution in [0, 0.1) is 0 Å². The molecule has 0 bridgehead atoms. The third kappa shape index (κ3) is 4.11. The molecule has 2 unspecified atom stereocenters. The van der Waals surface area contributed by atoms with E-state index in [4.69, 9.17) is 4.74 Å². The van der Waals surface area contributed by atoms with Gasteiger partial charge in [-0.15, -0.1) is 10.2 Å². The lowest BCUT2D eigenvalue weighted by atomic mass is 9.98. The molecule has 180 valence electrons. The molecule has 3 aromatic rings. The fraction of sp³-hybridized carbons (Fsp3) is 0.320. The fourth-order valence-corrected chi connectivity index (χ4v) is 4.87. The third-order valence-corrected chi connectivity index (χ3v) is 6.66. The number of carboxylic acids is 1. The van der Waals surface area contributed by atoms with E-state index in [2.05, 4.69) is 27.6 Å². The number of rotatable bonds is 6. The molecule has 5 rings (SSSR count). The van der Waals surface area contributed by atoms with Crippen molar-refractivity contribution >= 4 is 18.0 Å². The number of hydrogen-bond donors (Lipinski definition) is 2. The molecule has 0 spiro atoms. The molecule has 10 heteroatoms. The van der Waals surface area contributed by atoms with Crippen molar-refractivity contribution in [2.45, 2.75) is 44.4 Å². The van der Waals surface area contributed by atoms with Crippen molar-refractivity contribution in [3.8, 4) is 11.1 Å². The average molecular weight is 476 g/mol. The molecule has 0 saturated carbocycles. The van der Waals surface area contributed by atoms with Gasteiger partial charge in [-0.1, -0.05) is 55.5 Å². The maximum atomic E-state index is 13.2. The standard InChI is InChI=1S/C25H25N5O5/c1-2-20(23(31)30-12-22-28-26-14-29(22)11-21(30)24(32)33)27-25(34)35-13-19-17-9-5-3-7-15(17)16-8-4-6-10-18(16)19/h3-10,14,19-21H,2,11-13H2,1H3,(H,27,34)(H,32,33). The van der Waals surface area contributed by atoms with E-state index < -0.39 is 30.1 Å². The molecule has 2 aliphatic rings. The van der Waals surface area contributed by atoms with E-state index in [1.165, 1.54) is 11.2 Å². The first-order valence-electron chi connectivity index (χ1n) is 11.5. The Bertz CT molecular complexity index is 1240. The zero-order valence-electron chi connectivity index (χ0n) is 19.1. The molecule has 1 aromatic heterocycles. The van der Waals surface area contributed by atoms with Crippen molar-refractivity contribution < 1.29 is 24.2 Å². The second kappa shape index (κ2) is 9.21. The van der Waals surface area contributed by atoms with Crippen molar-refractivity contribution in [2.75, 3.05) is 6.61 Å². The Balaban J connectivity index is 1.26. The molecule has 2 amide bonds. The van der Waals surface area contributed by atoms with Crippen LogP contribution in [0.5, 0.6) is 0 Å². The summed E-state index contributed by atoms with van der Waals surface area (Å²) < 4.78 is 7.18. The van der Waals surface area contributed by atoms with E-state index >= 15 is 0 Å². The number of aliphatic carboxylic acids is 1. The summed E-state index contributed by atoms with van der Waals surface area (Å²) in [4.78, 5) is 39.0. The summed E-state index contributed by atoms with van der Waals surface area (Å²) in [5.41, 5.74) is 4.42.